The molecule has 0 bridgehead atoms. The molecule has 0 unspecified atom stereocenters. The van der Waals surface area contributed by atoms with Crippen LogP contribution in [0.15, 0.2) is 72.8 Å². The summed E-state index contributed by atoms with van der Waals surface area (Å²) in [7, 11) is 0. The number of ether oxygens (including phenoxy) is 1. The molecule has 1 heterocycles. The van der Waals surface area contributed by atoms with Crippen molar-refractivity contribution in [1.29, 1.82) is 0 Å². The maximum absolute atomic E-state index is 11.5. The van der Waals surface area contributed by atoms with Crippen LogP contribution >= 0.6 is 11.6 Å². The molecule has 3 aromatic carbocycles. The van der Waals surface area contributed by atoms with Gasteiger partial charge in [-0.05, 0) is 74.8 Å². The molecule has 1 atom stereocenters. The highest BCUT2D eigenvalue weighted by Crippen LogP contribution is 2.30. The number of carbonyl (C=O) groups excluding carboxylic acids is 1. The Bertz CT molecular complexity index is 1260. The van der Waals surface area contributed by atoms with Crippen LogP contribution in [0.2, 0.25) is 5.02 Å². The number of phenols is 1. The summed E-state index contributed by atoms with van der Waals surface area (Å²) in [5, 5.41) is 36.2. The fourth-order valence-electron chi connectivity index (χ4n) is 4.53. The summed E-state index contributed by atoms with van der Waals surface area (Å²) >= 11 is 6.04. The minimum absolute atomic E-state index is 0.00509. The molecular weight excluding hydrogens is 546 g/mol. The predicted molar refractivity (Wildman–Crippen MR) is 160 cm³/mol. The third-order valence-electron chi connectivity index (χ3n) is 6.50. The van der Waals surface area contributed by atoms with E-state index >= 15 is 0 Å². The zero-order valence-electron chi connectivity index (χ0n) is 23.3. The first-order valence-corrected chi connectivity index (χ1v) is 13.8. The van der Waals surface area contributed by atoms with Gasteiger partial charge in [0.05, 0.1) is 11.3 Å². The zero-order chi connectivity index (χ0) is 29.8. The lowest BCUT2D eigenvalue weighted by Crippen LogP contribution is -2.51. The summed E-state index contributed by atoms with van der Waals surface area (Å²) in [5.74, 6) is -0.789. The highest BCUT2D eigenvalue weighted by atomic mass is 35.5. The lowest BCUT2D eigenvalue weighted by atomic mass is 10.00. The van der Waals surface area contributed by atoms with Crippen LogP contribution in [-0.2, 0) is 11.3 Å². The Balaban J connectivity index is 0.000000436. The highest BCUT2D eigenvalue weighted by molar-refractivity contribution is 6.30. The number of hydrogen-bond acceptors (Lipinski definition) is 7. The summed E-state index contributed by atoms with van der Waals surface area (Å²) in [4.78, 5) is 24.0. The van der Waals surface area contributed by atoms with Gasteiger partial charge in [-0.25, -0.2) is 4.79 Å². The minimum Gasteiger partial charge on any atom is -0.508 e. The monoisotopic (exact) mass is 583 g/mol. The molecule has 9 nitrogen and oxygen atoms in total. The summed E-state index contributed by atoms with van der Waals surface area (Å²) in [6.07, 6.45) is 2.01. The lowest BCUT2D eigenvalue weighted by Gasteiger charge is -2.39. The number of carboxylic acids is 1. The van der Waals surface area contributed by atoms with E-state index in [1.54, 1.807) is 43.3 Å². The van der Waals surface area contributed by atoms with Crippen molar-refractivity contribution in [3.63, 3.8) is 0 Å². The van der Waals surface area contributed by atoms with Gasteiger partial charge in [0, 0.05) is 37.1 Å². The first-order valence-electron chi connectivity index (χ1n) is 13.5. The van der Waals surface area contributed by atoms with E-state index in [0.29, 0.717) is 41.2 Å². The first kappa shape index (κ1) is 31.9. The number of aliphatic hydroxyl groups is 1. The van der Waals surface area contributed by atoms with Gasteiger partial charge in [-0.3, -0.25) is 9.69 Å². The van der Waals surface area contributed by atoms with Crippen LogP contribution < -0.4 is 15.4 Å². The van der Waals surface area contributed by atoms with E-state index in [9.17, 15) is 19.8 Å². The molecule has 5 N–H and O–H groups in total. The largest absolute Gasteiger partial charge is 0.508 e. The van der Waals surface area contributed by atoms with Crippen molar-refractivity contribution in [1.82, 2.24) is 10.2 Å². The third kappa shape index (κ3) is 11.0. The van der Waals surface area contributed by atoms with Crippen molar-refractivity contribution < 1.29 is 29.6 Å². The maximum atomic E-state index is 11.5. The van der Waals surface area contributed by atoms with Gasteiger partial charge in [0.25, 0.3) is 0 Å². The van der Waals surface area contributed by atoms with Crippen LogP contribution in [-0.4, -0.2) is 70.0 Å². The Hall–Kier alpha value is -3.63. The van der Waals surface area contributed by atoms with E-state index in [-0.39, 0.29) is 18.3 Å². The van der Waals surface area contributed by atoms with E-state index in [1.165, 1.54) is 19.1 Å². The third-order valence-corrected chi connectivity index (χ3v) is 6.75. The van der Waals surface area contributed by atoms with Gasteiger partial charge in [0.15, 0.2) is 0 Å². The highest BCUT2D eigenvalue weighted by Gasteiger charge is 2.30. The second kappa shape index (κ2) is 15.4. The number of nitrogens with zero attached hydrogens (tertiary/aromatic N) is 1. The number of aromatic carboxylic acids is 1. The Kier molecular flexibility index (Phi) is 12.0. The number of hydrogen-bond donors (Lipinski definition) is 5. The number of nitrogens with one attached hydrogen (secondary N) is 2. The fourth-order valence-corrected chi connectivity index (χ4v) is 4.66. The number of anilines is 1. The Labute approximate surface area is 245 Å². The molecular formula is C31H38ClN3O6. The summed E-state index contributed by atoms with van der Waals surface area (Å²) in [5.41, 5.74) is 0.751. The molecule has 3 aromatic rings. The number of rotatable bonds is 10. The first-order chi connectivity index (χ1) is 19.5. The summed E-state index contributed by atoms with van der Waals surface area (Å²) in [6.45, 7) is 6.15. The van der Waals surface area contributed by atoms with Crippen molar-refractivity contribution in [2.24, 2.45) is 0 Å². The SMILES string of the molecule is CC(=O)Nc1ccc(O)cc1OC[C@@](C)(O)CN(Cc1ccc(Cl)cc1)C1CCNCC1.O=C(O)c1ccccc1. The molecule has 0 spiro atoms. The molecule has 4 rings (SSSR count). The Morgan fingerprint density at radius 1 is 1.07 bits per heavy atom. The molecule has 0 aliphatic carbocycles. The van der Waals surface area contributed by atoms with Crippen molar-refractivity contribution in [2.75, 3.05) is 31.6 Å². The molecule has 1 aliphatic rings. The molecule has 1 saturated heterocycles. The zero-order valence-corrected chi connectivity index (χ0v) is 24.1. The van der Waals surface area contributed by atoms with Gasteiger partial charge in [-0.15, -0.1) is 0 Å². The maximum Gasteiger partial charge on any atom is 0.335 e. The average Bonchev–Trinajstić information content (AvgIpc) is 2.95. The molecule has 0 saturated carbocycles. The van der Waals surface area contributed by atoms with Gasteiger partial charge in [-0.1, -0.05) is 41.9 Å². The number of benzene rings is 3. The van der Waals surface area contributed by atoms with Crippen LogP contribution in [0, 0.1) is 0 Å². The molecule has 10 heteroatoms. The Morgan fingerprint density at radius 3 is 2.32 bits per heavy atom. The summed E-state index contributed by atoms with van der Waals surface area (Å²) < 4.78 is 5.86. The van der Waals surface area contributed by atoms with E-state index in [1.807, 2.05) is 24.3 Å². The van der Waals surface area contributed by atoms with Crippen molar-refractivity contribution in [3.8, 4) is 11.5 Å². The van der Waals surface area contributed by atoms with E-state index in [2.05, 4.69) is 15.5 Å². The van der Waals surface area contributed by atoms with Gasteiger partial charge in [-0.2, -0.15) is 0 Å². The summed E-state index contributed by atoms with van der Waals surface area (Å²) in [6, 6.07) is 20.9. The molecule has 1 fully saturated rings. The topological polar surface area (TPSA) is 131 Å². The number of halogens is 1. The minimum atomic E-state index is -1.16. The van der Waals surface area contributed by atoms with Crippen LogP contribution in [0.4, 0.5) is 5.69 Å². The van der Waals surface area contributed by atoms with Crippen molar-refractivity contribution in [2.45, 2.75) is 44.9 Å². The fraction of sp³-hybridized carbons (Fsp3) is 0.355. The van der Waals surface area contributed by atoms with E-state index in [4.69, 9.17) is 21.4 Å². The van der Waals surface area contributed by atoms with Crippen molar-refractivity contribution >= 4 is 29.2 Å². The van der Waals surface area contributed by atoms with Gasteiger partial charge in [0.1, 0.15) is 23.7 Å². The number of carboxylic acid groups (broad SMARTS) is 1. The van der Waals surface area contributed by atoms with Crippen LogP contribution in [0.25, 0.3) is 0 Å². The smallest absolute Gasteiger partial charge is 0.335 e. The normalized spacial score (nSPS) is 14.9. The van der Waals surface area contributed by atoms with Gasteiger partial charge < -0.3 is 30.7 Å². The standard InChI is InChI=1S/C24H32ClN3O4.C7H6O2/c1-17(29)27-22-8-7-21(30)13-23(22)32-16-24(2,31)15-28(20-9-11-26-12-10-20)14-18-3-5-19(25)6-4-18;8-7(9)6-4-2-1-3-5-6/h3-8,13,20,26,30-31H,9-12,14-16H2,1-2H3,(H,27,29);1-5H,(H,8,9)/t24-;/m0./s1. The number of phenolic OH excluding ortho intramolecular Hbond substituents is 1. The second-order valence-electron chi connectivity index (χ2n) is 10.3. The van der Waals surface area contributed by atoms with Gasteiger partial charge in [0.2, 0.25) is 5.91 Å². The molecule has 41 heavy (non-hydrogen) atoms. The van der Waals surface area contributed by atoms with E-state index in [0.717, 1.165) is 31.5 Å². The lowest BCUT2D eigenvalue weighted by molar-refractivity contribution is -0.114. The van der Waals surface area contributed by atoms with Crippen LogP contribution in [0.1, 0.15) is 42.6 Å². The van der Waals surface area contributed by atoms with Crippen LogP contribution in [0.3, 0.4) is 0 Å². The second-order valence-corrected chi connectivity index (χ2v) is 10.8. The van der Waals surface area contributed by atoms with Gasteiger partial charge >= 0.3 is 5.97 Å². The molecule has 0 aromatic heterocycles. The predicted octanol–water partition coefficient (Wildman–Crippen LogP) is 4.77. The molecule has 1 aliphatic heterocycles. The molecule has 0 radical (unpaired) electrons. The molecule has 1 amide bonds. The van der Waals surface area contributed by atoms with Crippen molar-refractivity contribution in [3.05, 3.63) is 88.9 Å². The number of piperidine rings is 1. The number of carbonyl (C=O) groups is 2. The Morgan fingerprint density at radius 2 is 1.73 bits per heavy atom. The van der Waals surface area contributed by atoms with E-state index < -0.39 is 11.6 Å². The molecule has 220 valence electrons. The van der Waals surface area contributed by atoms with Crippen LogP contribution in [0.5, 0.6) is 11.5 Å². The average molecular weight is 584 g/mol. The number of amides is 1. The number of aromatic hydroxyl groups is 1. The quantitative estimate of drug-likeness (QED) is 0.216.